The molecule has 5 heteroatoms. The Bertz CT molecular complexity index is 437. The summed E-state index contributed by atoms with van der Waals surface area (Å²) >= 11 is 0. The fourth-order valence-electron chi connectivity index (χ4n) is 1.92. The fourth-order valence-corrected chi connectivity index (χ4v) is 1.92. The van der Waals surface area contributed by atoms with Crippen LogP contribution in [0.2, 0.25) is 0 Å². The Morgan fingerprint density at radius 3 is 2.94 bits per heavy atom. The van der Waals surface area contributed by atoms with E-state index in [0.29, 0.717) is 5.92 Å². The molecule has 0 spiro atoms. The van der Waals surface area contributed by atoms with Gasteiger partial charge in [-0.1, -0.05) is 13.3 Å². The average molecular weight is 237 g/mol. The highest BCUT2D eigenvalue weighted by molar-refractivity contribution is 5.95. The van der Waals surface area contributed by atoms with Crippen LogP contribution in [0, 0.1) is 5.92 Å². The quantitative estimate of drug-likeness (QED) is 0.819. The SMILES string of the molecule is CCCC1CC1NC(=O)c1cc(C(=O)O)co1. The number of carbonyl (C=O) groups is 2. The number of aromatic carboxylic acids is 1. The lowest BCUT2D eigenvalue weighted by atomic mass is 10.2. The number of amides is 1. The van der Waals surface area contributed by atoms with Crippen LogP contribution in [-0.4, -0.2) is 23.0 Å². The lowest BCUT2D eigenvalue weighted by molar-refractivity contribution is 0.0696. The molecule has 1 aromatic heterocycles. The lowest BCUT2D eigenvalue weighted by Gasteiger charge is -2.00. The summed E-state index contributed by atoms with van der Waals surface area (Å²) in [5, 5.41) is 11.5. The van der Waals surface area contributed by atoms with Crippen molar-refractivity contribution in [3.63, 3.8) is 0 Å². The van der Waals surface area contributed by atoms with Gasteiger partial charge < -0.3 is 14.8 Å². The number of hydrogen-bond acceptors (Lipinski definition) is 3. The molecule has 2 atom stereocenters. The lowest BCUT2D eigenvalue weighted by Crippen LogP contribution is -2.26. The minimum absolute atomic E-state index is 0.00365. The molecule has 5 nitrogen and oxygen atoms in total. The maximum absolute atomic E-state index is 11.7. The number of hydrogen-bond donors (Lipinski definition) is 2. The zero-order valence-corrected chi connectivity index (χ0v) is 9.60. The van der Waals surface area contributed by atoms with Crippen molar-refractivity contribution in [2.75, 3.05) is 0 Å². The third-order valence-corrected chi connectivity index (χ3v) is 2.97. The van der Waals surface area contributed by atoms with Crippen molar-refractivity contribution >= 4 is 11.9 Å². The van der Waals surface area contributed by atoms with Gasteiger partial charge in [0.1, 0.15) is 6.26 Å². The number of carbonyl (C=O) groups excluding carboxylic acids is 1. The molecular weight excluding hydrogens is 222 g/mol. The van der Waals surface area contributed by atoms with E-state index >= 15 is 0 Å². The summed E-state index contributed by atoms with van der Waals surface area (Å²) in [5.74, 6) is -0.799. The van der Waals surface area contributed by atoms with Gasteiger partial charge in [-0.15, -0.1) is 0 Å². The number of carboxylic acid groups (broad SMARTS) is 1. The summed E-state index contributed by atoms with van der Waals surface area (Å²) in [6.45, 7) is 2.11. The Balaban J connectivity index is 1.90. The van der Waals surface area contributed by atoms with Crippen LogP contribution in [0.3, 0.4) is 0 Å². The molecular formula is C12H15NO4. The van der Waals surface area contributed by atoms with Crippen molar-refractivity contribution in [2.24, 2.45) is 5.92 Å². The van der Waals surface area contributed by atoms with Gasteiger partial charge >= 0.3 is 5.97 Å². The third kappa shape index (κ3) is 2.67. The molecule has 1 fully saturated rings. The molecule has 1 heterocycles. The van der Waals surface area contributed by atoms with Gasteiger partial charge in [0.05, 0.1) is 5.56 Å². The number of nitrogens with one attached hydrogen (secondary N) is 1. The molecule has 0 aromatic carbocycles. The van der Waals surface area contributed by atoms with E-state index in [-0.39, 0.29) is 23.3 Å². The first kappa shape index (κ1) is 11.7. The molecule has 1 aliphatic carbocycles. The number of rotatable bonds is 5. The van der Waals surface area contributed by atoms with Gasteiger partial charge in [-0.3, -0.25) is 4.79 Å². The standard InChI is InChI=1S/C12H15NO4/c1-2-3-7-4-9(7)13-11(14)10-5-8(6-17-10)12(15)16/h5-7,9H,2-4H2,1H3,(H,13,14)(H,15,16). The minimum Gasteiger partial charge on any atom is -0.478 e. The van der Waals surface area contributed by atoms with Crippen molar-refractivity contribution in [1.82, 2.24) is 5.32 Å². The van der Waals surface area contributed by atoms with Gasteiger partial charge in [0.25, 0.3) is 5.91 Å². The molecule has 1 aliphatic rings. The molecule has 0 bridgehead atoms. The van der Waals surface area contributed by atoms with E-state index in [1.165, 1.54) is 6.07 Å². The van der Waals surface area contributed by atoms with Crippen LogP contribution in [0.15, 0.2) is 16.7 Å². The van der Waals surface area contributed by atoms with Crippen molar-refractivity contribution in [3.05, 3.63) is 23.7 Å². The first-order valence-electron chi connectivity index (χ1n) is 5.74. The summed E-state index contributed by atoms with van der Waals surface area (Å²) in [6, 6.07) is 1.47. The van der Waals surface area contributed by atoms with Gasteiger partial charge in [-0.05, 0) is 18.8 Å². The van der Waals surface area contributed by atoms with Crippen molar-refractivity contribution < 1.29 is 19.1 Å². The molecule has 17 heavy (non-hydrogen) atoms. The normalized spacial score (nSPS) is 22.2. The Hall–Kier alpha value is -1.78. The van der Waals surface area contributed by atoms with Gasteiger partial charge in [0.15, 0.2) is 5.76 Å². The Morgan fingerprint density at radius 2 is 2.35 bits per heavy atom. The Labute approximate surface area is 98.8 Å². The predicted molar refractivity (Wildman–Crippen MR) is 59.9 cm³/mol. The predicted octanol–water partition coefficient (Wildman–Crippen LogP) is 1.90. The summed E-state index contributed by atoms with van der Waals surface area (Å²) in [7, 11) is 0. The second kappa shape index (κ2) is 4.61. The molecule has 2 unspecified atom stereocenters. The van der Waals surface area contributed by atoms with Crippen LogP contribution in [0.1, 0.15) is 47.1 Å². The summed E-state index contributed by atoms with van der Waals surface area (Å²) in [6.07, 6.45) is 4.31. The largest absolute Gasteiger partial charge is 0.478 e. The highest BCUT2D eigenvalue weighted by atomic mass is 16.4. The topological polar surface area (TPSA) is 79.5 Å². The van der Waals surface area contributed by atoms with Gasteiger partial charge in [0, 0.05) is 12.1 Å². The highest BCUT2D eigenvalue weighted by Crippen LogP contribution is 2.34. The fraction of sp³-hybridized carbons (Fsp3) is 0.500. The van der Waals surface area contributed by atoms with Gasteiger partial charge in [-0.2, -0.15) is 0 Å². The van der Waals surface area contributed by atoms with E-state index in [0.717, 1.165) is 25.5 Å². The van der Waals surface area contributed by atoms with E-state index in [1.807, 2.05) is 0 Å². The molecule has 1 saturated carbocycles. The number of furan rings is 1. The van der Waals surface area contributed by atoms with Gasteiger partial charge in [0.2, 0.25) is 0 Å². The van der Waals surface area contributed by atoms with E-state index in [2.05, 4.69) is 12.2 Å². The van der Waals surface area contributed by atoms with Crippen LogP contribution in [-0.2, 0) is 0 Å². The van der Waals surface area contributed by atoms with E-state index < -0.39 is 5.97 Å². The first-order valence-corrected chi connectivity index (χ1v) is 5.74. The monoisotopic (exact) mass is 237 g/mol. The molecule has 1 amide bonds. The molecule has 0 saturated heterocycles. The van der Waals surface area contributed by atoms with Crippen LogP contribution in [0.25, 0.3) is 0 Å². The molecule has 0 aliphatic heterocycles. The highest BCUT2D eigenvalue weighted by Gasteiger charge is 2.37. The van der Waals surface area contributed by atoms with Crippen molar-refractivity contribution in [1.29, 1.82) is 0 Å². The smallest absolute Gasteiger partial charge is 0.338 e. The van der Waals surface area contributed by atoms with Crippen LogP contribution < -0.4 is 5.32 Å². The minimum atomic E-state index is -1.09. The van der Waals surface area contributed by atoms with E-state index in [9.17, 15) is 9.59 Å². The average Bonchev–Trinajstić information content (AvgIpc) is 2.83. The van der Waals surface area contributed by atoms with Crippen molar-refractivity contribution in [3.8, 4) is 0 Å². The molecule has 1 aromatic rings. The number of carboxylic acids is 1. The molecule has 2 rings (SSSR count). The summed E-state index contributed by atoms with van der Waals surface area (Å²) < 4.78 is 4.92. The Morgan fingerprint density at radius 1 is 1.59 bits per heavy atom. The maximum Gasteiger partial charge on any atom is 0.338 e. The molecule has 92 valence electrons. The molecule has 0 radical (unpaired) electrons. The summed E-state index contributed by atoms with van der Waals surface area (Å²) in [4.78, 5) is 22.3. The second-order valence-corrected chi connectivity index (χ2v) is 4.37. The molecule has 2 N–H and O–H groups in total. The van der Waals surface area contributed by atoms with E-state index in [4.69, 9.17) is 9.52 Å². The first-order chi connectivity index (χ1) is 8.11. The third-order valence-electron chi connectivity index (χ3n) is 2.97. The zero-order chi connectivity index (χ0) is 12.4. The van der Waals surface area contributed by atoms with E-state index in [1.54, 1.807) is 0 Å². The zero-order valence-electron chi connectivity index (χ0n) is 9.60. The maximum atomic E-state index is 11.7. The van der Waals surface area contributed by atoms with Crippen LogP contribution in [0.5, 0.6) is 0 Å². The second-order valence-electron chi connectivity index (χ2n) is 4.37. The van der Waals surface area contributed by atoms with Crippen LogP contribution >= 0.6 is 0 Å². The van der Waals surface area contributed by atoms with Crippen molar-refractivity contribution in [2.45, 2.75) is 32.2 Å². The van der Waals surface area contributed by atoms with Gasteiger partial charge in [-0.25, -0.2) is 4.79 Å². The Kier molecular flexibility index (Phi) is 3.17. The summed E-state index contributed by atoms with van der Waals surface area (Å²) in [5.41, 5.74) is -0.00365. The van der Waals surface area contributed by atoms with Crippen LogP contribution in [0.4, 0.5) is 0 Å².